The van der Waals surface area contributed by atoms with Gasteiger partial charge in [0.15, 0.2) is 6.10 Å². The van der Waals surface area contributed by atoms with Crippen LogP contribution in [0.3, 0.4) is 0 Å². The molecule has 4 saturated carbocycles. The van der Waals surface area contributed by atoms with Crippen molar-refractivity contribution in [1.82, 2.24) is 0 Å². The van der Waals surface area contributed by atoms with Crippen LogP contribution in [0.1, 0.15) is 119 Å². The maximum absolute atomic E-state index is 12.9. The monoisotopic (exact) mass is 690 g/mol. The number of hydrogen-bond acceptors (Lipinski definition) is 7. The van der Waals surface area contributed by atoms with Gasteiger partial charge in [0, 0.05) is 10.8 Å². The number of hydrogen-bond donors (Lipinski definition) is 3. The first-order chi connectivity index (χ1) is 24.3. The summed E-state index contributed by atoms with van der Waals surface area (Å²) in [5.41, 5.74) is 2.27. The Morgan fingerprint density at radius 2 is 1.22 bits per heavy atom. The first-order valence-corrected chi connectivity index (χ1v) is 19.1. The third-order valence-electron chi connectivity index (χ3n) is 15.3. The number of aliphatic hydroxyl groups is 3. The molecule has 11 unspecified atom stereocenters. The minimum Gasteiger partial charge on any atom is -0.426 e. The van der Waals surface area contributed by atoms with Crippen molar-refractivity contribution in [3.63, 3.8) is 0 Å². The van der Waals surface area contributed by atoms with Crippen LogP contribution >= 0.6 is 0 Å². The highest BCUT2D eigenvalue weighted by Gasteiger charge is 2.62. The molecule has 6 aliphatic rings. The van der Waals surface area contributed by atoms with Crippen LogP contribution in [0.4, 0.5) is 0 Å². The van der Waals surface area contributed by atoms with Crippen molar-refractivity contribution in [3.8, 4) is 36.2 Å². The van der Waals surface area contributed by atoms with Crippen molar-refractivity contribution < 1.29 is 34.4 Å². The second-order valence-electron chi connectivity index (χ2n) is 17.2. The third kappa shape index (κ3) is 5.21. The van der Waals surface area contributed by atoms with Crippen LogP contribution in [0.2, 0.25) is 0 Å². The molecule has 0 aliphatic heterocycles. The Morgan fingerprint density at radius 1 is 0.745 bits per heavy atom. The van der Waals surface area contributed by atoms with E-state index in [1.807, 2.05) is 18.2 Å². The number of carbonyl (C=O) groups is 2. The SMILES string of the molecule is C#CC1(O)CCC2C3CCc4cc(OC(=O)CC(O)C(=O)Oc5ccc6c(c5)CCC5C6CCC6(C)C5CCC6(O)C#C)ccc4C3CCC21C. The fraction of sp³-hybridized carbons (Fsp3) is 0.591. The molecule has 0 bridgehead atoms. The molecule has 3 N–H and O–H groups in total. The van der Waals surface area contributed by atoms with E-state index in [4.69, 9.17) is 22.3 Å². The molecule has 0 amide bonds. The second-order valence-corrected chi connectivity index (χ2v) is 17.2. The highest BCUT2D eigenvalue weighted by molar-refractivity contribution is 5.84. The minimum absolute atomic E-state index is 0.256. The maximum Gasteiger partial charge on any atom is 0.340 e. The van der Waals surface area contributed by atoms with E-state index in [2.05, 4.69) is 31.8 Å². The number of carbonyl (C=O) groups excluding carboxylic acids is 2. The maximum atomic E-state index is 12.9. The Bertz CT molecular complexity index is 1850. The quantitative estimate of drug-likeness (QED) is 0.189. The summed E-state index contributed by atoms with van der Waals surface area (Å²) in [6.07, 6.45) is 20.0. The van der Waals surface area contributed by atoms with Gasteiger partial charge in [-0.15, -0.1) is 12.8 Å². The fourth-order valence-electron chi connectivity index (χ4n) is 12.3. The van der Waals surface area contributed by atoms with Gasteiger partial charge >= 0.3 is 11.9 Å². The normalized spacial score (nSPS) is 39.4. The third-order valence-corrected chi connectivity index (χ3v) is 15.3. The van der Waals surface area contributed by atoms with E-state index in [9.17, 15) is 24.9 Å². The average molecular weight is 691 g/mol. The van der Waals surface area contributed by atoms with Gasteiger partial charge in [0.05, 0.1) is 6.42 Å². The summed E-state index contributed by atoms with van der Waals surface area (Å²) in [5, 5.41) is 33.1. The number of aryl methyl sites for hydroxylation is 2. The zero-order valence-electron chi connectivity index (χ0n) is 29.8. The predicted molar refractivity (Wildman–Crippen MR) is 192 cm³/mol. The zero-order valence-corrected chi connectivity index (χ0v) is 29.8. The van der Waals surface area contributed by atoms with E-state index in [1.165, 1.54) is 11.1 Å². The van der Waals surface area contributed by atoms with Crippen molar-refractivity contribution in [3.05, 3.63) is 58.7 Å². The number of terminal acetylenes is 2. The van der Waals surface area contributed by atoms with Gasteiger partial charge in [-0.1, -0.05) is 37.8 Å². The van der Waals surface area contributed by atoms with Crippen molar-refractivity contribution in [2.75, 3.05) is 0 Å². The van der Waals surface area contributed by atoms with Crippen LogP contribution in [0, 0.1) is 59.2 Å². The van der Waals surface area contributed by atoms with E-state index in [1.54, 1.807) is 12.1 Å². The van der Waals surface area contributed by atoms with Crippen molar-refractivity contribution in [2.45, 2.75) is 126 Å². The Hall–Kier alpha value is -3.62. The smallest absolute Gasteiger partial charge is 0.340 e. The van der Waals surface area contributed by atoms with Gasteiger partial charge in [-0.2, -0.15) is 0 Å². The van der Waals surface area contributed by atoms with Gasteiger partial charge in [-0.05, 0) is 159 Å². The summed E-state index contributed by atoms with van der Waals surface area (Å²) >= 11 is 0. The Morgan fingerprint density at radius 3 is 1.69 bits per heavy atom. The molecule has 0 spiro atoms. The van der Waals surface area contributed by atoms with Crippen LogP contribution in [-0.2, 0) is 22.4 Å². The predicted octanol–water partition coefficient (Wildman–Crippen LogP) is 6.39. The topological polar surface area (TPSA) is 113 Å². The highest BCUT2D eigenvalue weighted by atomic mass is 16.6. The molecule has 0 radical (unpaired) electrons. The Balaban J connectivity index is 0.869. The van der Waals surface area contributed by atoms with Gasteiger partial charge in [-0.3, -0.25) is 4.79 Å². The first-order valence-electron chi connectivity index (χ1n) is 19.1. The Kier molecular flexibility index (Phi) is 8.26. The standard InChI is InChI=1S/C44H50O7/c1-5-43(48)21-17-36-34-11-7-26-23-28(9-13-30(26)32(34)15-19-41(36,43)3)50-39(46)25-38(45)40(47)51-29-10-14-31-27(24-29)8-12-35-33(31)16-20-42(4)37(35)18-22-44(42,49)6-2/h1-2,9-10,13-14,23-24,32-38,45,48-49H,7-8,11-12,15-22,25H2,3-4H3. The minimum atomic E-state index is -1.66. The summed E-state index contributed by atoms with van der Waals surface area (Å²) in [6.45, 7) is 4.35. The molecule has 7 nitrogen and oxygen atoms in total. The zero-order chi connectivity index (χ0) is 35.9. The number of aliphatic hydroxyl groups excluding tert-OH is 1. The lowest BCUT2D eigenvalue weighted by atomic mass is 9.53. The van der Waals surface area contributed by atoms with Gasteiger partial charge in [0.25, 0.3) is 0 Å². The molecule has 6 aliphatic carbocycles. The lowest BCUT2D eigenvalue weighted by molar-refractivity contribution is -0.149. The van der Waals surface area contributed by atoms with E-state index >= 15 is 0 Å². The summed E-state index contributed by atoms with van der Waals surface area (Å²) in [5.74, 6) is 7.08. The second kappa shape index (κ2) is 12.2. The van der Waals surface area contributed by atoms with Crippen LogP contribution in [0.5, 0.6) is 11.5 Å². The van der Waals surface area contributed by atoms with Gasteiger partial charge in [-0.25, -0.2) is 4.79 Å². The average Bonchev–Trinajstić information content (AvgIpc) is 3.56. The molecule has 268 valence electrons. The molecule has 0 aromatic heterocycles. The highest BCUT2D eigenvalue weighted by Crippen LogP contribution is 2.65. The summed E-state index contributed by atoms with van der Waals surface area (Å²) in [4.78, 5) is 25.7. The molecule has 8 rings (SSSR count). The van der Waals surface area contributed by atoms with Crippen LogP contribution < -0.4 is 9.47 Å². The molecule has 4 fully saturated rings. The van der Waals surface area contributed by atoms with E-state index in [-0.39, 0.29) is 10.8 Å². The summed E-state index contributed by atoms with van der Waals surface area (Å²) in [6, 6.07) is 11.5. The number of ether oxygens (including phenoxy) is 2. The van der Waals surface area contributed by atoms with Gasteiger partial charge in [0.1, 0.15) is 22.7 Å². The molecule has 11 atom stereocenters. The molecule has 2 aromatic carbocycles. The number of fused-ring (bicyclic) bond motifs is 10. The van der Waals surface area contributed by atoms with Crippen LogP contribution in [0.25, 0.3) is 0 Å². The van der Waals surface area contributed by atoms with Crippen LogP contribution in [0.15, 0.2) is 36.4 Å². The number of benzene rings is 2. The molecule has 0 saturated heterocycles. The Labute approximate surface area is 301 Å². The van der Waals surface area contributed by atoms with E-state index in [0.717, 1.165) is 75.3 Å². The number of rotatable bonds is 5. The molecular formula is C44H50O7. The summed E-state index contributed by atoms with van der Waals surface area (Å²) < 4.78 is 11.2. The molecule has 51 heavy (non-hydrogen) atoms. The molecule has 2 aromatic rings. The number of esters is 2. The first kappa shape index (κ1) is 34.5. The van der Waals surface area contributed by atoms with Crippen molar-refractivity contribution in [1.29, 1.82) is 0 Å². The van der Waals surface area contributed by atoms with E-state index < -0.39 is 35.7 Å². The molecule has 7 heteroatoms. The van der Waals surface area contributed by atoms with E-state index in [0.29, 0.717) is 59.8 Å². The lowest BCUT2D eigenvalue weighted by Crippen LogP contribution is -2.50. The molecular weight excluding hydrogens is 640 g/mol. The fourth-order valence-corrected chi connectivity index (χ4v) is 12.3. The lowest BCUT2D eigenvalue weighted by Gasteiger charge is -2.52. The van der Waals surface area contributed by atoms with Gasteiger partial charge < -0.3 is 24.8 Å². The van der Waals surface area contributed by atoms with Gasteiger partial charge in [0.2, 0.25) is 0 Å². The van der Waals surface area contributed by atoms with Crippen molar-refractivity contribution in [2.24, 2.45) is 34.5 Å². The van der Waals surface area contributed by atoms with Crippen molar-refractivity contribution >= 4 is 11.9 Å². The molecule has 0 heterocycles. The van der Waals surface area contributed by atoms with Crippen LogP contribution in [-0.4, -0.2) is 44.6 Å². The largest absolute Gasteiger partial charge is 0.426 e. The summed E-state index contributed by atoms with van der Waals surface area (Å²) in [7, 11) is 0.